The molecule has 278 valence electrons. The van der Waals surface area contributed by atoms with Gasteiger partial charge in [-0.1, -0.05) is 44.2 Å². The first kappa shape index (κ1) is 36.4. The minimum atomic E-state index is -3.01. The quantitative estimate of drug-likeness (QED) is 0.131. The molecule has 0 saturated carbocycles. The molecule has 0 bridgehead atoms. The SMILES string of the molecule is COc1ccc(COc2cccc(CN(C)c3nccc(Nc4cc5c(C(C)C)ccc(N6CC(CS(C)(=O)=O)C6)c5cn4)n3)c2C2OCCO2)cc1. The number of benzene rings is 3. The third-order valence-electron chi connectivity index (χ3n) is 9.59. The van der Waals surface area contributed by atoms with E-state index in [9.17, 15) is 8.42 Å². The lowest BCUT2D eigenvalue weighted by Gasteiger charge is -2.41. The van der Waals surface area contributed by atoms with Crippen LogP contribution in [-0.4, -0.2) is 75.8 Å². The Balaban J connectivity index is 1.09. The molecule has 5 aromatic rings. The van der Waals surface area contributed by atoms with E-state index in [1.807, 2.05) is 66.7 Å². The second-order valence-electron chi connectivity index (χ2n) is 14.1. The van der Waals surface area contributed by atoms with Gasteiger partial charge < -0.3 is 34.1 Å². The first-order valence-corrected chi connectivity index (χ1v) is 19.9. The van der Waals surface area contributed by atoms with Gasteiger partial charge in [-0.25, -0.2) is 18.4 Å². The van der Waals surface area contributed by atoms with E-state index in [-0.39, 0.29) is 11.7 Å². The molecule has 2 aromatic heterocycles. The molecule has 13 heteroatoms. The number of hydrogen-bond acceptors (Lipinski definition) is 12. The van der Waals surface area contributed by atoms with Crippen molar-refractivity contribution in [3.63, 3.8) is 0 Å². The highest BCUT2D eigenvalue weighted by Crippen LogP contribution is 2.38. The Labute approximate surface area is 311 Å². The number of ether oxygens (including phenoxy) is 4. The fourth-order valence-electron chi connectivity index (χ4n) is 6.98. The average Bonchev–Trinajstić information content (AvgIpc) is 3.66. The molecule has 53 heavy (non-hydrogen) atoms. The van der Waals surface area contributed by atoms with Gasteiger partial charge in [0.2, 0.25) is 5.95 Å². The topological polar surface area (TPSA) is 128 Å². The number of anilines is 4. The molecule has 1 N–H and O–H groups in total. The fourth-order valence-corrected chi connectivity index (χ4v) is 8.05. The molecule has 0 radical (unpaired) electrons. The summed E-state index contributed by atoms with van der Waals surface area (Å²) in [6, 6.07) is 22.0. The van der Waals surface area contributed by atoms with E-state index in [0.717, 1.165) is 38.9 Å². The molecule has 2 aliphatic rings. The summed E-state index contributed by atoms with van der Waals surface area (Å²) in [5, 5.41) is 5.55. The zero-order valence-electron chi connectivity index (χ0n) is 30.8. The van der Waals surface area contributed by atoms with E-state index in [1.54, 1.807) is 13.3 Å². The van der Waals surface area contributed by atoms with Gasteiger partial charge in [0.15, 0.2) is 6.29 Å². The molecule has 0 unspecified atom stereocenters. The molecule has 12 nitrogen and oxygen atoms in total. The van der Waals surface area contributed by atoms with Crippen molar-refractivity contribution in [2.75, 3.05) is 67.6 Å². The lowest BCUT2D eigenvalue weighted by atomic mass is 9.93. The summed E-state index contributed by atoms with van der Waals surface area (Å²) < 4.78 is 47.2. The molecule has 0 amide bonds. The van der Waals surface area contributed by atoms with Crippen LogP contribution in [0.4, 0.5) is 23.3 Å². The Morgan fingerprint density at radius 1 is 0.981 bits per heavy atom. The van der Waals surface area contributed by atoms with Crippen molar-refractivity contribution in [1.82, 2.24) is 15.0 Å². The Morgan fingerprint density at radius 2 is 1.75 bits per heavy atom. The van der Waals surface area contributed by atoms with E-state index in [1.165, 1.54) is 11.8 Å². The minimum Gasteiger partial charge on any atom is -0.497 e. The van der Waals surface area contributed by atoms with Crippen molar-refractivity contribution in [2.45, 2.75) is 39.2 Å². The van der Waals surface area contributed by atoms with Crippen molar-refractivity contribution in [2.24, 2.45) is 5.92 Å². The predicted octanol–water partition coefficient (Wildman–Crippen LogP) is 6.64. The van der Waals surface area contributed by atoms with Gasteiger partial charge in [-0.3, -0.25) is 0 Å². The molecule has 2 aliphatic heterocycles. The first-order chi connectivity index (χ1) is 25.5. The van der Waals surface area contributed by atoms with Crippen molar-refractivity contribution < 1.29 is 27.4 Å². The largest absolute Gasteiger partial charge is 0.497 e. The molecule has 3 aromatic carbocycles. The van der Waals surface area contributed by atoms with Gasteiger partial charge in [-0.05, 0) is 64.4 Å². The molecule has 2 fully saturated rings. The first-order valence-electron chi connectivity index (χ1n) is 17.8. The van der Waals surface area contributed by atoms with Gasteiger partial charge in [0.05, 0.1) is 31.6 Å². The lowest BCUT2D eigenvalue weighted by molar-refractivity contribution is -0.0464. The molecule has 7 rings (SSSR count). The van der Waals surface area contributed by atoms with Gasteiger partial charge in [0.25, 0.3) is 0 Å². The number of aromatic nitrogens is 3. The van der Waals surface area contributed by atoms with Crippen LogP contribution in [0.15, 0.2) is 79.1 Å². The number of nitrogens with one attached hydrogen (secondary N) is 1. The van der Waals surface area contributed by atoms with E-state index in [0.29, 0.717) is 68.7 Å². The van der Waals surface area contributed by atoms with Gasteiger partial charge in [-0.15, -0.1) is 0 Å². The zero-order chi connectivity index (χ0) is 37.1. The maximum absolute atomic E-state index is 11.8. The van der Waals surface area contributed by atoms with Crippen LogP contribution in [-0.2, 0) is 32.5 Å². The van der Waals surface area contributed by atoms with Crippen LogP contribution in [0.3, 0.4) is 0 Å². The second-order valence-corrected chi connectivity index (χ2v) is 16.3. The molecule has 0 atom stereocenters. The van der Waals surface area contributed by atoms with Crippen LogP contribution in [0.2, 0.25) is 0 Å². The maximum Gasteiger partial charge on any atom is 0.227 e. The molecular weight excluding hydrogens is 693 g/mol. The number of sulfone groups is 1. The van der Waals surface area contributed by atoms with E-state index in [2.05, 4.69) is 47.2 Å². The van der Waals surface area contributed by atoms with Crippen LogP contribution in [0.25, 0.3) is 10.8 Å². The predicted molar refractivity (Wildman–Crippen MR) is 207 cm³/mol. The number of fused-ring (bicyclic) bond motifs is 1. The van der Waals surface area contributed by atoms with Gasteiger partial charge in [0, 0.05) is 62.3 Å². The number of pyridine rings is 1. The van der Waals surface area contributed by atoms with Crippen molar-refractivity contribution >= 4 is 43.9 Å². The molecule has 2 saturated heterocycles. The summed E-state index contributed by atoms with van der Waals surface area (Å²) in [6.07, 6.45) is 4.40. The number of nitrogens with zero attached hydrogens (tertiary/aromatic N) is 5. The summed E-state index contributed by atoms with van der Waals surface area (Å²) in [7, 11) is 0.590. The fraction of sp³-hybridized carbons (Fsp3) is 0.375. The molecular formula is C40H46N6O6S. The smallest absolute Gasteiger partial charge is 0.227 e. The van der Waals surface area contributed by atoms with Gasteiger partial charge in [-0.2, -0.15) is 4.98 Å². The van der Waals surface area contributed by atoms with E-state index in [4.69, 9.17) is 28.9 Å². The van der Waals surface area contributed by atoms with Crippen LogP contribution >= 0.6 is 0 Å². The standard InChI is InChI=1S/C40H46N6O6S/c1-26(2)31-13-14-34(46-21-28(22-46)25-53(5,47)48)33-20-42-37(19-32(31)33)43-36-15-16-41-40(44-36)45(3)23-29-7-6-8-35(38(29)39-50-17-18-51-39)52-24-27-9-11-30(49-4)12-10-27/h6-16,19-20,26,28,39H,17-18,21-25H2,1-5H3,(H,41,42,43,44). The van der Waals surface area contributed by atoms with Crippen molar-refractivity contribution in [3.05, 3.63) is 101 Å². The van der Waals surface area contributed by atoms with Crippen LogP contribution < -0.4 is 24.6 Å². The summed E-state index contributed by atoms with van der Waals surface area (Å²) >= 11 is 0. The van der Waals surface area contributed by atoms with Gasteiger partial charge >= 0.3 is 0 Å². The number of hydrogen-bond donors (Lipinski definition) is 1. The molecule has 0 aliphatic carbocycles. The maximum atomic E-state index is 11.8. The Hall–Kier alpha value is -4.98. The van der Waals surface area contributed by atoms with Crippen LogP contribution in [0, 0.1) is 5.92 Å². The number of methoxy groups -OCH3 is 1. The van der Waals surface area contributed by atoms with E-state index >= 15 is 0 Å². The van der Waals surface area contributed by atoms with Crippen molar-refractivity contribution in [3.8, 4) is 11.5 Å². The summed E-state index contributed by atoms with van der Waals surface area (Å²) in [4.78, 5) is 18.4. The molecule has 0 spiro atoms. The Kier molecular flexibility index (Phi) is 10.7. The van der Waals surface area contributed by atoms with Crippen LogP contribution in [0.1, 0.15) is 48.3 Å². The Morgan fingerprint density at radius 3 is 2.47 bits per heavy atom. The monoisotopic (exact) mass is 738 g/mol. The Bertz CT molecular complexity index is 2170. The summed E-state index contributed by atoms with van der Waals surface area (Å²) in [6.45, 7) is 7.67. The average molecular weight is 739 g/mol. The number of rotatable bonds is 14. The normalized spacial score (nSPS) is 15.2. The van der Waals surface area contributed by atoms with Gasteiger partial charge in [0.1, 0.15) is 39.6 Å². The molecule has 4 heterocycles. The third kappa shape index (κ3) is 8.48. The highest BCUT2D eigenvalue weighted by molar-refractivity contribution is 7.90. The summed E-state index contributed by atoms with van der Waals surface area (Å²) in [5.74, 6) is 3.96. The van der Waals surface area contributed by atoms with E-state index < -0.39 is 16.1 Å². The summed E-state index contributed by atoms with van der Waals surface area (Å²) in [5.41, 5.74) is 5.13. The lowest BCUT2D eigenvalue weighted by Crippen LogP contribution is -2.49. The second kappa shape index (κ2) is 15.6. The highest BCUT2D eigenvalue weighted by atomic mass is 32.2. The highest BCUT2D eigenvalue weighted by Gasteiger charge is 2.31. The van der Waals surface area contributed by atoms with Crippen LogP contribution in [0.5, 0.6) is 11.5 Å². The minimum absolute atomic E-state index is 0.141. The van der Waals surface area contributed by atoms with Crippen molar-refractivity contribution in [1.29, 1.82) is 0 Å². The zero-order valence-corrected chi connectivity index (χ0v) is 31.6. The third-order valence-corrected chi connectivity index (χ3v) is 10.7.